The maximum atomic E-state index is 11.6. The first-order valence-electron chi connectivity index (χ1n) is 10.5. The fourth-order valence-corrected chi connectivity index (χ4v) is 3.20. The molecule has 0 radical (unpaired) electrons. The number of ether oxygens (including phenoxy) is 1. The van der Waals surface area contributed by atoms with Crippen molar-refractivity contribution in [2.24, 2.45) is 4.99 Å². The van der Waals surface area contributed by atoms with Gasteiger partial charge in [-0.05, 0) is 19.2 Å². The summed E-state index contributed by atoms with van der Waals surface area (Å²) in [6.07, 6.45) is 2.30. The van der Waals surface area contributed by atoms with Crippen LogP contribution in [0.3, 0.4) is 0 Å². The molecule has 33 heavy (non-hydrogen) atoms. The van der Waals surface area contributed by atoms with Crippen LogP contribution < -0.4 is 25.6 Å². The van der Waals surface area contributed by atoms with Crippen LogP contribution in [0.15, 0.2) is 59.7 Å². The van der Waals surface area contributed by atoms with Crippen molar-refractivity contribution in [3.8, 4) is 5.75 Å². The van der Waals surface area contributed by atoms with Crippen LogP contribution in [0.4, 0.5) is 28.8 Å². The number of carbonyl (C=O) groups is 1. The highest BCUT2D eigenvalue weighted by Crippen LogP contribution is 2.32. The Morgan fingerprint density at radius 3 is 2.64 bits per heavy atom. The largest absolute Gasteiger partial charge is 0.495 e. The summed E-state index contributed by atoms with van der Waals surface area (Å²) in [7, 11) is 7.34. The molecule has 0 bridgehead atoms. The number of methoxy groups -OCH3 is 1. The van der Waals surface area contributed by atoms with Crippen LogP contribution in [-0.4, -0.2) is 63.3 Å². The van der Waals surface area contributed by atoms with E-state index in [4.69, 9.17) is 4.74 Å². The number of nitrogens with zero attached hydrogens (tertiary/aromatic N) is 4. The predicted octanol–water partition coefficient (Wildman–Crippen LogP) is 3.25. The standard InChI is InChI=1S/C24H29N7O2/c1-25-12-13-31(3)21-11-10-18(14-22(21)33-4)28-24-27-15-19(23(26-2)30-24)29-20(16-32)17-8-6-5-7-9-17/h5-11,14-16,25H,12-13H2,1-4H3,(H2,26,27,28,30). The number of carbonyl (C=O) groups excluding carboxylic acids is 1. The van der Waals surface area contributed by atoms with E-state index >= 15 is 0 Å². The van der Waals surface area contributed by atoms with Crippen LogP contribution in [0.1, 0.15) is 5.56 Å². The van der Waals surface area contributed by atoms with Crippen LogP contribution in [0.25, 0.3) is 0 Å². The highest BCUT2D eigenvalue weighted by atomic mass is 16.5. The topological polar surface area (TPSA) is 104 Å². The molecule has 0 aliphatic carbocycles. The smallest absolute Gasteiger partial charge is 0.229 e. The van der Waals surface area contributed by atoms with Gasteiger partial charge in [-0.2, -0.15) is 4.98 Å². The first-order chi connectivity index (χ1) is 16.1. The van der Waals surface area contributed by atoms with Gasteiger partial charge in [0, 0.05) is 44.5 Å². The van der Waals surface area contributed by atoms with Gasteiger partial charge in [-0.1, -0.05) is 30.3 Å². The lowest BCUT2D eigenvalue weighted by Crippen LogP contribution is -2.27. The Morgan fingerprint density at radius 2 is 1.97 bits per heavy atom. The average molecular weight is 448 g/mol. The second-order valence-electron chi connectivity index (χ2n) is 7.20. The number of aromatic nitrogens is 2. The van der Waals surface area contributed by atoms with Gasteiger partial charge in [0.25, 0.3) is 0 Å². The number of likely N-dealkylation sites (N-methyl/N-ethyl adjacent to an activating group) is 2. The van der Waals surface area contributed by atoms with E-state index in [1.807, 2.05) is 62.6 Å². The number of benzene rings is 2. The average Bonchev–Trinajstić information content (AvgIpc) is 2.86. The molecule has 0 fully saturated rings. The van der Waals surface area contributed by atoms with E-state index in [2.05, 4.69) is 35.8 Å². The van der Waals surface area contributed by atoms with Crippen LogP contribution >= 0.6 is 0 Å². The van der Waals surface area contributed by atoms with Gasteiger partial charge in [-0.15, -0.1) is 0 Å². The Morgan fingerprint density at radius 1 is 1.18 bits per heavy atom. The summed E-state index contributed by atoms with van der Waals surface area (Å²) in [6.45, 7) is 1.72. The van der Waals surface area contributed by atoms with Crippen molar-refractivity contribution in [1.29, 1.82) is 0 Å². The van der Waals surface area contributed by atoms with Crippen molar-refractivity contribution in [1.82, 2.24) is 15.3 Å². The summed E-state index contributed by atoms with van der Waals surface area (Å²) in [5.41, 5.74) is 3.27. The molecule has 2 aromatic carbocycles. The summed E-state index contributed by atoms with van der Waals surface area (Å²) in [4.78, 5) is 27.0. The van der Waals surface area contributed by atoms with E-state index in [1.54, 1.807) is 20.4 Å². The van der Waals surface area contributed by atoms with Gasteiger partial charge in [0.2, 0.25) is 5.95 Å². The van der Waals surface area contributed by atoms with E-state index in [0.717, 1.165) is 42.1 Å². The molecule has 172 valence electrons. The van der Waals surface area contributed by atoms with Crippen LogP contribution in [0.2, 0.25) is 0 Å². The van der Waals surface area contributed by atoms with E-state index in [0.29, 0.717) is 23.2 Å². The van der Waals surface area contributed by atoms with Crippen molar-refractivity contribution in [3.63, 3.8) is 0 Å². The normalized spacial score (nSPS) is 11.1. The summed E-state index contributed by atoms with van der Waals surface area (Å²) < 4.78 is 5.58. The van der Waals surface area contributed by atoms with Crippen molar-refractivity contribution in [2.45, 2.75) is 0 Å². The lowest BCUT2D eigenvalue weighted by molar-refractivity contribution is -0.102. The molecule has 3 N–H and O–H groups in total. The number of aldehydes is 1. The number of anilines is 4. The van der Waals surface area contributed by atoms with Crippen LogP contribution in [0, 0.1) is 0 Å². The van der Waals surface area contributed by atoms with E-state index in [1.165, 1.54) is 0 Å². The molecule has 1 aromatic heterocycles. The SMILES string of the molecule is CNCCN(C)c1ccc(Nc2ncc(N=C(C=O)c3ccccc3)c(NC)n2)cc1OC. The summed E-state index contributed by atoms with van der Waals surface area (Å²) in [5.74, 6) is 1.63. The van der Waals surface area contributed by atoms with Gasteiger partial charge in [0.05, 0.1) is 19.0 Å². The monoisotopic (exact) mass is 447 g/mol. The van der Waals surface area contributed by atoms with Gasteiger partial charge >= 0.3 is 0 Å². The number of rotatable bonds is 11. The summed E-state index contributed by atoms with van der Waals surface area (Å²) in [5, 5.41) is 9.36. The van der Waals surface area contributed by atoms with Crippen LogP contribution in [-0.2, 0) is 4.79 Å². The predicted molar refractivity (Wildman–Crippen MR) is 134 cm³/mol. The lowest BCUT2D eigenvalue weighted by atomic mass is 10.1. The Labute approximate surface area is 193 Å². The Bertz CT molecular complexity index is 1100. The van der Waals surface area contributed by atoms with E-state index in [9.17, 15) is 4.79 Å². The number of aliphatic imine (C=N–C) groups is 1. The van der Waals surface area contributed by atoms with Crippen molar-refractivity contribution in [3.05, 3.63) is 60.3 Å². The molecule has 0 atom stereocenters. The molecule has 0 saturated carbocycles. The lowest BCUT2D eigenvalue weighted by Gasteiger charge is -2.22. The Kier molecular flexibility index (Phi) is 8.31. The molecule has 3 aromatic rings. The van der Waals surface area contributed by atoms with E-state index in [-0.39, 0.29) is 0 Å². The second kappa shape index (κ2) is 11.6. The second-order valence-corrected chi connectivity index (χ2v) is 7.20. The zero-order valence-corrected chi connectivity index (χ0v) is 19.3. The van der Waals surface area contributed by atoms with Gasteiger partial charge in [0.15, 0.2) is 12.1 Å². The quantitative estimate of drug-likeness (QED) is 0.304. The molecule has 0 aliphatic rings. The molecule has 9 nitrogen and oxygen atoms in total. The first kappa shape index (κ1) is 23.7. The fraction of sp³-hybridized carbons (Fsp3) is 0.250. The summed E-state index contributed by atoms with van der Waals surface area (Å²) >= 11 is 0. The Balaban J connectivity index is 1.84. The molecule has 0 amide bonds. The van der Waals surface area contributed by atoms with Crippen molar-refractivity contribution in [2.75, 3.05) is 56.9 Å². The zero-order chi connectivity index (χ0) is 23.6. The van der Waals surface area contributed by atoms with Crippen molar-refractivity contribution >= 4 is 40.8 Å². The van der Waals surface area contributed by atoms with Crippen molar-refractivity contribution < 1.29 is 9.53 Å². The molecular weight excluding hydrogens is 418 g/mol. The van der Waals surface area contributed by atoms with Gasteiger partial charge < -0.3 is 25.6 Å². The molecule has 3 rings (SSSR count). The maximum absolute atomic E-state index is 11.6. The third-order valence-corrected chi connectivity index (χ3v) is 4.97. The molecule has 0 saturated heterocycles. The molecule has 0 unspecified atom stereocenters. The zero-order valence-electron chi connectivity index (χ0n) is 19.3. The van der Waals surface area contributed by atoms with Gasteiger partial charge in [-0.25, -0.2) is 9.98 Å². The van der Waals surface area contributed by atoms with Gasteiger partial charge in [-0.3, -0.25) is 4.79 Å². The number of hydrogen-bond donors (Lipinski definition) is 3. The molecular formula is C24H29N7O2. The number of nitrogens with one attached hydrogen (secondary N) is 3. The number of hydrogen-bond acceptors (Lipinski definition) is 9. The van der Waals surface area contributed by atoms with Gasteiger partial charge in [0.1, 0.15) is 17.1 Å². The molecule has 1 heterocycles. The minimum Gasteiger partial charge on any atom is -0.495 e. The Hall–Kier alpha value is -3.98. The third kappa shape index (κ3) is 6.05. The molecule has 0 spiro atoms. The first-order valence-corrected chi connectivity index (χ1v) is 10.5. The minimum atomic E-state index is 0.305. The fourth-order valence-electron chi connectivity index (χ4n) is 3.20. The minimum absolute atomic E-state index is 0.305. The maximum Gasteiger partial charge on any atom is 0.229 e. The highest BCUT2D eigenvalue weighted by molar-refractivity contribution is 6.36. The third-order valence-electron chi connectivity index (χ3n) is 4.97. The van der Waals surface area contributed by atoms with Crippen LogP contribution in [0.5, 0.6) is 5.75 Å². The highest BCUT2D eigenvalue weighted by Gasteiger charge is 2.12. The molecule has 0 aliphatic heterocycles. The molecule has 9 heteroatoms. The summed E-state index contributed by atoms with van der Waals surface area (Å²) in [6, 6.07) is 15.1. The van der Waals surface area contributed by atoms with E-state index < -0.39 is 0 Å².